The molecule has 1 heterocycles. The number of aromatic nitrogens is 2. The van der Waals surface area contributed by atoms with Gasteiger partial charge in [-0.1, -0.05) is 6.92 Å². The van der Waals surface area contributed by atoms with Gasteiger partial charge in [0.25, 0.3) is 0 Å². The Balaban J connectivity index is 2.34. The van der Waals surface area contributed by atoms with E-state index in [4.69, 9.17) is 5.73 Å². The van der Waals surface area contributed by atoms with Gasteiger partial charge in [-0.25, -0.2) is 4.98 Å². The highest BCUT2D eigenvalue weighted by atomic mass is 32.2. The fourth-order valence-electron chi connectivity index (χ4n) is 1.65. The molecule has 1 unspecified atom stereocenters. The van der Waals surface area contributed by atoms with Crippen molar-refractivity contribution in [2.45, 2.75) is 37.3 Å². The summed E-state index contributed by atoms with van der Waals surface area (Å²) in [5, 5.41) is 4.05. The van der Waals surface area contributed by atoms with Crippen molar-refractivity contribution in [3.8, 4) is 0 Å². The lowest BCUT2D eigenvalue weighted by molar-refractivity contribution is -0.124. The van der Waals surface area contributed by atoms with Crippen LogP contribution >= 0.6 is 11.8 Å². The maximum Gasteiger partial charge on any atom is 0.237 e. The van der Waals surface area contributed by atoms with Gasteiger partial charge in [-0.15, -0.1) is 11.8 Å². The van der Waals surface area contributed by atoms with Crippen LogP contribution in [0.3, 0.4) is 0 Å². The Morgan fingerprint density at radius 1 is 1.56 bits per heavy atom. The van der Waals surface area contributed by atoms with Crippen molar-refractivity contribution in [1.29, 1.82) is 0 Å². The molecule has 1 rings (SSSR count). The van der Waals surface area contributed by atoms with Crippen LogP contribution in [0, 0.1) is 0 Å². The van der Waals surface area contributed by atoms with Gasteiger partial charge in [0.2, 0.25) is 5.91 Å². The molecule has 1 amide bonds. The minimum absolute atomic E-state index is 0.297. The Morgan fingerprint density at radius 2 is 2.33 bits per heavy atom. The number of hydrogen-bond acceptors (Lipinski definition) is 5. The molecule has 0 aliphatic rings. The summed E-state index contributed by atoms with van der Waals surface area (Å²) in [6, 6.07) is 0. The first kappa shape index (κ1) is 14.9. The minimum Gasteiger partial charge on any atom is -0.368 e. The van der Waals surface area contributed by atoms with Crippen LogP contribution in [0.2, 0.25) is 0 Å². The van der Waals surface area contributed by atoms with E-state index in [0.29, 0.717) is 0 Å². The van der Waals surface area contributed by atoms with Crippen molar-refractivity contribution in [3.63, 3.8) is 0 Å². The smallest absolute Gasteiger partial charge is 0.237 e. The highest BCUT2D eigenvalue weighted by Gasteiger charge is 2.28. The van der Waals surface area contributed by atoms with Gasteiger partial charge in [-0.2, -0.15) is 0 Å². The second kappa shape index (κ2) is 7.33. The first-order valence-corrected chi connectivity index (χ1v) is 7.01. The zero-order valence-corrected chi connectivity index (χ0v) is 11.7. The molecule has 6 heteroatoms. The molecule has 0 aliphatic heterocycles. The third kappa shape index (κ3) is 4.62. The summed E-state index contributed by atoms with van der Waals surface area (Å²) in [5.41, 5.74) is 4.81. The Morgan fingerprint density at radius 3 is 2.89 bits per heavy atom. The van der Waals surface area contributed by atoms with Gasteiger partial charge in [0.1, 0.15) is 5.03 Å². The topological polar surface area (TPSA) is 80.9 Å². The summed E-state index contributed by atoms with van der Waals surface area (Å²) in [5.74, 6) is 0.598. The fourth-order valence-corrected chi connectivity index (χ4v) is 2.42. The number of thioether (sulfide) groups is 1. The largest absolute Gasteiger partial charge is 0.368 e. The van der Waals surface area contributed by atoms with Crippen LogP contribution in [-0.2, 0) is 4.79 Å². The summed E-state index contributed by atoms with van der Waals surface area (Å²) in [6.07, 6.45) is 6.69. The molecule has 0 aromatic carbocycles. The van der Waals surface area contributed by atoms with Crippen molar-refractivity contribution in [2.24, 2.45) is 5.73 Å². The molecule has 0 fully saturated rings. The van der Waals surface area contributed by atoms with E-state index >= 15 is 0 Å². The van der Waals surface area contributed by atoms with Gasteiger partial charge in [0.05, 0.1) is 11.7 Å². The molecular formula is C12H20N4OS. The van der Waals surface area contributed by atoms with Crippen LogP contribution in [0.25, 0.3) is 0 Å². The highest BCUT2D eigenvalue weighted by molar-refractivity contribution is 7.99. The first-order chi connectivity index (χ1) is 8.58. The number of nitrogens with zero attached hydrogens (tertiary/aromatic N) is 2. The average molecular weight is 268 g/mol. The Bertz CT molecular complexity index is 374. The fraction of sp³-hybridized carbons (Fsp3) is 0.583. The number of likely N-dealkylation sites (N-methyl/N-ethyl adjacent to an activating group) is 1. The van der Waals surface area contributed by atoms with Crippen molar-refractivity contribution in [1.82, 2.24) is 15.3 Å². The Kier molecular flexibility index (Phi) is 6.07. The molecule has 0 spiro atoms. The summed E-state index contributed by atoms with van der Waals surface area (Å²) in [6.45, 7) is 4.55. The third-order valence-corrected chi connectivity index (χ3v) is 3.72. The van der Waals surface area contributed by atoms with E-state index in [0.717, 1.165) is 30.2 Å². The molecule has 0 radical (unpaired) electrons. The summed E-state index contributed by atoms with van der Waals surface area (Å²) >= 11 is 1.64. The number of amides is 1. The summed E-state index contributed by atoms with van der Waals surface area (Å²) in [7, 11) is 0. The molecular weight excluding hydrogens is 248 g/mol. The lowest BCUT2D eigenvalue weighted by Crippen LogP contribution is -2.53. The minimum atomic E-state index is -0.613. The van der Waals surface area contributed by atoms with Gasteiger partial charge in [0.15, 0.2) is 0 Å². The standard InChI is InChI=1S/C12H20N4OS/c1-3-16-12(2,11(13)17)5-4-8-18-10-9-14-6-7-15-10/h6-7,9,16H,3-5,8H2,1-2H3,(H2,13,17). The zero-order chi connectivity index (χ0) is 13.4. The number of carbonyl (C=O) groups is 1. The van der Waals surface area contributed by atoms with Crippen molar-refractivity contribution in [2.75, 3.05) is 12.3 Å². The normalized spacial score (nSPS) is 14.1. The number of carbonyl (C=O) groups excluding carboxylic acids is 1. The number of primary amides is 1. The summed E-state index contributed by atoms with van der Waals surface area (Å²) in [4.78, 5) is 19.6. The lowest BCUT2D eigenvalue weighted by atomic mass is 9.95. The van der Waals surface area contributed by atoms with E-state index in [1.807, 2.05) is 13.8 Å². The van der Waals surface area contributed by atoms with Crippen LogP contribution in [0.4, 0.5) is 0 Å². The van der Waals surface area contributed by atoms with E-state index in [1.54, 1.807) is 30.4 Å². The maximum atomic E-state index is 11.4. The van der Waals surface area contributed by atoms with E-state index in [-0.39, 0.29) is 5.91 Å². The van der Waals surface area contributed by atoms with Gasteiger partial charge >= 0.3 is 0 Å². The van der Waals surface area contributed by atoms with E-state index in [2.05, 4.69) is 15.3 Å². The van der Waals surface area contributed by atoms with Crippen molar-refractivity contribution < 1.29 is 4.79 Å². The number of nitrogens with two attached hydrogens (primary N) is 1. The molecule has 1 atom stereocenters. The highest BCUT2D eigenvalue weighted by Crippen LogP contribution is 2.18. The van der Waals surface area contributed by atoms with Gasteiger partial charge in [-0.3, -0.25) is 9.78 Å². The summed E-state index contributed by atoms with van der Waals surface area (Å²) < 4.78 is 0. The first-order valence-electron chi connectivity index (χ1n) is 6.02. The SMILES string of the molecule is CCNC(C)(CCCSc1cnccn1)C(N)=O. The van der Waals surface area contributed by atoms with E-state index in [9.17, 15) is 4.79 Å². The maximum absolute atomic E-state index is 11.4. The molecule has 0 saturated heterocycles. The molecule has 0 bridgehead atoms. The Hall–Kier alpha value is -1.14. The van der Waals surface area contributed by atoms with Crippen LogP contribution in [-0.4, -0.2) is 33.7 Å². The van der Waals surface area contributed by atoms with Gasteiger partial charge < -0.3 is 11.1 Å². The molecule has 0 saturated carbocycles. The van der Waals surface area contributed by atoms with Crippen LogP contribution in [0.1, 0.15) is 26.7 Å². The van der Waals surface area contributed by atoms with Gasteiger partial charge in [0, 0.05) is 12.4 Å². The van der Waals surface area contributed by atoms with Crippen molar-refractivity contribution >= 4 is 17.7 Å². The quantitative estimate of drug-likeness (QED) is 0.547. The second-order valence-electron chi connectivity index (χ2n) is 4.22. The molecule has 0 aliphatic carbocycles. The predicted octanol–water partition coefficient (Wildman–Crippen LogP) is 1.20. The Labute approximate surface area is 112 Å². The molecule has 18 heavy (non-hydrogen) atoms. The third-order valence-electron chi connectivity index (χ3n) is 2.72. The second-order valence-corrected chi connectivity index (χ2v) is 5.34. The van der Waals surface area contributed by atoms with Crippen LogP contribution < -0.4 is 11.1 Å². The van der Waals surface area contributed by atoms with E-state index < -0.39 is 5.54 Å². The molecule has 100 valence electrons. The number of nitrogens with one attached hydrogen (secondary N) is 1. The number of rotatable bonds is 8. The predicted molar refractivity (Wildman–Crippen MR) is 73.3 cm³/mol. The molecule has 5 nitrogen and oxygen atoms in total. The van der Waals surface area contributed by atoms with E-state index in [1.165, 1.54) is 0 Å². The molecule has 1 aromatic rings. The van der Waals surface area contributed by atoms with Gasteiger partial charge in [-0.05, 0) is 32.1 Å². The number of hydrogen-bond donors (Lipinski definition) is 2. The zero-order valence-electron chi connectivity index (χ0n) is 10.8. The molecule has 1 aromatic heterocycles. The monoisotopic (exact) mass is 268 g/mol. The average Bonchev–Trinajstić information content (AvgIpc) is 2.36. The lowest BCUT2D eigenvalue weighted by Gasteiger charge is -2.26. The van der Waals surface area contributed by atoms with Crippen LogP contribution in [0.5, 0.6) is 0 Å². The van der Waals surface area contributed by atoms with Crippen LogP contribution in [0.15, 0.2) is 23.6 Å². The molecule has 3 N–H and O–H groups in total. The van der Waals surface area contributed by atoms with Crippen molar-refractivity contribution in [3.05, 3.63) is 18.6 Å².